The van der Waals surface area contributed by atoms with Crippen LogP contribution >= 0.6 is 0 Å². The number of hydrogen-bond donors (Lipinski definition) is 2. The molecule has 1 aromatic carbocycles. The third-order valence-electron chi connectivity index (χ3n) is 2.78. The van der Waals surface area contributed by atoms with Crippen molar-refractivity contribution in [2.75, 3.05) is 12.8 Å². The zero-order valence-electron chi connectivity index (χ0n) is 9.84. The summed E-state index contributed by atoms with van der Waals surface area (Å²) in [5.74, 6) is 0.671. The Morgan fingerprint density at radius 2 is 2.06 bits per heavy atom. The summed E-state index contributed by atoms with van der Waals surface area (Å²) < 4.78 is 5.09. The van der Waals surface area contributed by atoms with Gasteiger partial charge in [-0.05, 0) is 18.2 Å². The lowest BCUT2D eigenvalue weighted by Crippen LogP contribution is -1.99. The summed E-state index contributed by atoms with van der Waals surface area (Å²) in [6.07, 6.45) is 1.91. The Labute approximate surface area is 104 Å². The summed E-state index contributed by atoms with van der Waals surface area (Å²) in [6, 6.07) is 9.83. The van der Waals surface area contributed by atoms with E-state index >= 15 is 0 Å². The Balaban J connectivity index is 2.15. The fourth-order valence-corrected chi connectivity index (χ4v) is 1.91. The third-order valence-corrected chi connectivity index (χ3v) is 2.78. The molecule has 0 aliphatic heterocycles. The molecule has 0 fully saturated rings. The van der Waals surface area contributed by atoms with Gasteiger partial charge in [-0.2, -0.15) is 4.98 Å². The Morgan fingerprint density at radius 1 is 1.17 bits per heavy atom. The van der Waals surface area contributed by atoms with Gasteiger partial charge in [0.05, 0.1) is 12.8 Å². The first-order valence-corrected chi connectivity index (χ1v) is 5.52. The maximum Gasteiger partial charge on any atom is 0.223 e. The van der Waals surface area contributed by atoms with Gasteiger partial charge in [0.2, 0.25) is 11.8 Å². The number of H-pyrrole nitrogens is 1. The van der Waals surface area contributed by atoms with Crippen molar-refractivity contribution < 1.29 is 4.74 Å². The predicted molar refractivity (Wildman–Crippen MR) is 70.3 cm³/mol. The first-order valence-electron chi connectivity index (χ1n) is 5.52. The molecule has 0 aliphatic carbocycles. The number of nitrogen functional groups attached to an aromatic ring is 1. The highest BCUT2D eigenvalue weighted by atomic mass is 16.5. The second-order valence-corrected chi connectivity index (χ2v) is 3.93. The molecular formula is C13H12N4O. The molecule has 5 heteroatoms. The van der Waals surface area contributed by atoms with Crippen molar-refractivity contribution in [1.29, 1.82) is 0 Å². The number of nitrogens with one attached hydrogen (secondary N) is 1. The molecule has 3 aromatic rings. The predicted octanol–water partition coefficient (Wildman–Crippen LogP) is 2.22. The molecule has 5 nitrogen and oxygen atoms in total. The molecule has 18 heavy (non-hydrogen) atoms. The van der Waals surface area contributed by atoms with Crippen molar-refractivity contribution >= 4 is 16.9 Å². The smallest absolute Gasteiger partial charge is 0.223 e. The van der Waals surface area contributed by atoms with Crippen LogP contribution in [0.4, 0.5) is 5.95 Å². The monoisotopic (exact) mass is 240 g/mol. The number of methoxy groups -OCH3 is 1. The molecule has 0 atom stereocenters. The zero-order valence-corrected chi connectivity index (χ0v) is 9.84. The van der Waals surface area contributed by atoms with E-state index in [1.54, 1.807) is 13.2 Å². The SMILES string of the molecule is COc1cc(-c2ccc3[nH]ccc3c2)nc(N)n1. The molecule has 0 amide bonds. The topological polar surface area (TPSA) is 76.8 Å². The lowest BCUT2D eigenvalue weighted by atomic mass is 10.1. The quantitative estimate of drug-likeness (QED) is 0.720. The minimum absolute atomic E-state index is 0.207. The Hall–Kier alpha value is -2.56. The Morgan fingerprint density at radius 3 is 2.89 bits per heavy atom. The number of nitrogens with zero attached hydrogens (tertiary/aromatic N) is 2. The van der Waals surface area contributed by atoms with E-state index in [0.717, 1.165) is 22.2 Å². The molecular weight excluding hydrogens is 228 g/mol. The number of aromatic amines is 1. The highest BCUT2D eigenvalue weighted by Crippen LogP contribution is 2.25. The molecule has 90 valence electrons. The number of hydrogen-bond acceptors (Lipinski definition) is 4. The van der Waals surface area contributed by atoms with Crippen LogP contribution in [0.5, 0.6) is 5.88 Å². The van der Waals surface area contributed by atoms with Crippen LogP contribution in [0.25, 0.3) is 22.2 Å². The van der Waals surface area contributed by atoms with Crippen molar-refractivity contribution in [3.63, 3.8) is 0 Å². The van der Waals surface area contributed by atoms with E-state index in [4.69, 9.17) is 10.5 Å². The lowest BCUT2D eigenvalue weighted by molar-refractivity contribution is 0.398. The molecule has 3 N–H and O–H groups in total. The molecule has 0 bridgehead atoms. The molecule has 0 radical (unpaired) electrons. The Bertz CT molecular complexity index is 705. The van der Waals surface area contributed by atoms with Crippen LogP contribution in [0.15, 0.2) is 36.5 Å². The van der Waals surface area contributed by atoms with Gasteiger partial charge in [0.15, 0.2) is 0 Å². The van der Waals surface area contributed by atoms with Gasteiger partial charge < -0.3 is 15.5 Å². The minimum atomic E-state index is 0.207. The van der Waals surface area contributed by atoms with Crippen molar-refractivity contribution in [3.8, 4) is 17.1 Å². The van der Waals surface area contributed by atoms with Crippen molar-refractivity contribution in [1.82, 2.24) is 15.0 Å². The molecule has 0 saturated carbocycles. The average Bonchev–Trinajstić information content (AvgIpc) is 2.85. The number of anilines is 1. The second kappa shape index (κ2) is 4.03. The average molecular weight is 240 g/mol. The lowest BCUT2D eigenvalue weighted by Gasteiger charge is -2.05. The van der Waals surface area contributed by atoms with Gasteiger partial charge in [-0.3, -0.25) is 0 Å². The summed E-state index contributed by atoms with van der Waals surface area (Å²) in [4.78, 5) is 11.3. The van der Waals surface area contributed by atoms with Gasteiger partial charge in [0.25, 0.3) is 0 Å². The van der Waals surface area contributed by atoms with Crippen LogP contribution in [0, 0.1) is 0 Å². The highest BCUT2D eigenvalue weighted by Gasteiger charge is 2.06. The van der Waals surface area contributed by atoms with Crippen LogP contribution in [0.3, 0.4) is 0 Å². The minimum Gasteiger partial charge on any atom is -0.481 e. The number of ether oxygens (including phenoxy) is 1. The largest absolute Gasteiger partial charge is 0.481 e. The van der Waals surface area contributed by atoms with E-state index in [2.05, 4.69) is 15.0 Å². The summed E-state index contributed by atoms with van der Waals surface area (Å²) in [6.45, 7) is 0. The molecule has 0 saturated heterocycles. The molecule has 3 rings (SSSR count). The van der Waals surface area contributed by atoms with Gasteiger partial charge in [-0.1, -0.05) is 6.07 Å². The normalized spacial score (nSPS) is 10.7. The van der Waals surface area contributed by atoms with Gasteiger partial charge in [-0.15, -0.1) is 0 Å². The van der Waals surface area contributed by atoms with E-state index in [0.29, 0.717) is 5.88 Å². The van der Waals surface area contributed by atoms with E-state index < -0.39 is 0 Å². The van der Waals surface area contributed by atoms with Crippen molar-refractivity contribution in [2.45, 2.75) is 0 Å². The maximum atomic E-state index is 5.66. The standard InChI is InChI=1S/C13H12N4O/c1-18-12-7-11(16-13(14)17-12)8-2-3-10-9(6-8)4-5-15-10/h2-7,15H,1H3,(H2,14,16,17). The van der Waals surface area contributed by atoms with E-state index in [9.17, 15) is 0 Å². The molecule has 0 spiro atoms. The number of benzene rings is 1. The summed E-state index contributed by atoms with van der Waals surface area (Å²) in [5.41, 5.74) is 8.48. The van der Waals surface area contributed by atoms with Gasteiger partial charge in [0, 0.05) is 28.7 Å². The van der Waals surface area contributed by atoms with Crippen molar-refractivity contribution in [3.05, 3.63) is 36.5 Å². The first kappa shape index (κ1) is 10.6. The first-order chi connectivity index (χ1) is 8.76. The molecule has 0 unspecified atom stereocenters. The number of fused-ring (bicyclic) bond motifs is 1. The van der Waals surface area contributed by atoms with Gasteiger partial charge >= 0.3 is 0 Å². The van der Waals surface area contributed by atoms with Crippen LogP contribution in [-0.4, -0.2) is 22.1 Å². The fourth-order valence-electron chi connectivity index (χ4n) is 1.91. The van der Waals surface area contributed by atoms with Gasteiger partial charge in [0.1, 0.15) is 0 Å². The van der Waals surface area contributed by atoms with E-state index in [-0.39, 0.29) is 5.95 Å². The number of nitrogens with two attached hydrogens (primary N) is 1. The summed E-state index contributed by atoms with van der Waals surface area (Å²) in [5, 5.41) is 1.13. The van der Waals surface area contributed by atoms with Crippen LogP contribution in [0.1, 0.15) is 0 Å². The third kappa shape index (κ3) is 1.75. The summed E-state index contributed by atoms with van der Waals surface area (Å²) in [7, 11) is 1.56. The van der Waals surface area contributed by atoms with E-state index in [1.807, 2.05) is 30.5 Å². The maximum absolute atomic E-state index is 5.66. The van der Waals surface area contributed by atoms with Crippen LogP contribution in [0.2, 0.25) is 0 Å². The van der Waals surface area contributed by atoms with Gasteiger partial charge in [-0.25, -0.2) is 4.98 Å². The molecule has 2 heterocycles. The number of rotatable bonds is 2. The van der Waals surface area contributed by atoms with E-state index in [1.165, 1.54) is 0 Å². The highest BCUT2D eigenvalue weighted by molar-refractivity contribution is 5.84. The zero-order chi connectivity index (χ0) is 12.5. The summed E-state index contributed by atoms with van der Waals surface area (Å²) >= 11 is 0. The fraction of sp³-hybridized carbons (Fsp3) is 0.0769. The van der Waals surface area contributed by atoms with Crippen LogP contribution in [-0.2, 0) is 0 Å². The Kier molecular flexibility index (Phi) is 2.37. The molecule has 0 aliphatic rings. The number of aromatic nitrogens is 3. The molecule has 2 aromatic heterocycles. The van der Waals surface area contributed by atoms with Crippen molar-refractivity contribution in [2.24, 2.45) is 0 Å². The second-order valence-electron chi connectivity index (χ2n) is 3.93. The van der Waals surface area contributed by atoms with Crippen LogP contribution < -0.4 is 10.5 Å².